The Bertz CT molecular complexity index is 1340. The van der Waals surface area contributed by atoms with Gasteiger partial charge in [-0.25, -0.2) is 8.42 Å². The molecule has 1 atom stereocenters. The first-order valence-corrected chi connectivity index (χ1v) is 14.9. The molecule has 208 valence electrons. The molecule has 3 aromatic rings. The Morgan fingerprint density at radius 3 is 2.15 bits per heavy atom. The monoisotopic (exact) mass is 549 g/mol. The summed E-state index contributed by atoms with van der Waals surface area (Å²) in [6.45, 7) is 7.95. The Kier molecular flexibility index (Phi) is 10.7. The summed E-state index contributed by atoms with van der Waals surface area (Å²) in [5, 5.41) is 2.91. The lowest BCUT2D eigenvalue weighted by Crippen LogP contribution is -2.51. The van der Waals surface area contributed by atoms with Crippen LogP contribution >= 0.6 is 0 Å². The Labute approximate surface area is 232 Å². The van der Waals surface area contributed by atoms with E-state index in [0.29, 0.717) is 12.2 Å². The highest BCUT2D eigenvalue weighted by Gasteiger charge is 2.32. The van der Waals surface area contributed by atoms with Crippen LogP contribution in [0.1, 0.15) is 50.3 Å². The number of amides is 2. The van der Waals surface area contributed by atoms with Gasteiger partial charge in [-0.05, 0) is 67.6 Å². The van der Waals surface area contributed by atoms with Gasteiger partial charge in [0.25, 0.3) is 10.0 Å². The third kappa shape index (κ3) is 7.69. The highest BCUT2D eigenvalue weighted by Crippen LogP contribution is 2.25. The molecule has 0 aliphatic rings. The maximum Gasteiger partial charge on any atom is 0.264 e. The van der Waals surface area contributed by atoms with Crippen molar-refractivity contribution in [3.8, 4) is 0 Å². The molecule has 39 heavy (non-hydrogen) atoms. The minimum absolute atomic E-state index is 0.0909. The van der Waals surface area contributed by atoms with Crippen molar-refractivity contribution in [2.45, 2.75) is 64.4 Å². The van der Waals surface area contributed by atoms with E-state index < -0.39 is 28.5 Å². The fourth-order valence-electron chi connectivity index (χ4n) is 4.24. The molecule has 0 aromatic heterocycles. The highest BCUT2D eigenvalue weighted by molar-refractivity contribution is 7.92. The zero-order valence-corrected chi connectivity index (χ0v) is 24.1. The van der Waals surface area contributed by atoms with Crippen molar-refractivity contribution in [1.82, 2.24) is 10.2 Å². The summed E-state index contributed by atoms with van der Waals surface area (Å²) in [4.78, 5) is 28.6. The zero-order valence-electron chi connectivity index (χ0n) is 23.3. The van der Waals surface area contributed by atoms with Crippen LogP contribution in [0.5, 0.6) is 0 Å². The molecular weight excluding hydrogens is 510 g/mol. The topological polar surface area (TPSA) is 86.8 Å². The van der Waals surface area contributed by atoms with E-state index in [4.69, 9.17) is 0 Å². The fourth-order valence-corrected chi connectivity index (χ4v) is 5.67. The molecule has 0 radical (unpaired) electrons. The molecule has 0 aliphatic heterocycles. The van der Waals surface area contributed by atoms with E-state index in [9.17, 15) is 18.0 Å². The van der Waals surface area contributed by atoms with Gasteiger partial charge in [-0.1, -0.05) is 74.9 Å². The first kappa shape index (κ1) is 29.9. The van der Waals surface area contributed by atoms with Crippen LogP contribution in [0.25, 0.3) is 0 Å². The maximum absolute atomic E-state index is 14.0. The minimum atomic E-state index is -4.06. The van der Waals surface area contributed by atoms with Crippen LogP contribution in [-0.2, 0) is 32.6 Å². The summed E-state index contributed by atoms with van der Waals surface area (Å²) in [5.41, 5.74) is 3.32. The smallest absolute Gasteiger partial charge is 0.264 e. The van der Waals surface area contributed by atoms with Gasteiger partial charge >= 0.3 is 0 Å². The number of carbonyl (C=O) groups is 2. The van der Waals surface area contributed by atoms with Crippen molar-refractivity contribution in [3.05, 3.63) is 95.6 Å². The molecule has 3 aromatic carbocycles. The lowest BCUT2D eigenvalue weighted by atomic mass is 10.1. The van der Waals surface area contributed by atoms with Crippen molar-refractivity contribution in [1.29, 1.82) is 0 Å². The van der Waals surface area contributed by atoms with E-state index in [1.54, 1.807) is 37.3 Å². The number of aryl methyl sites for hydroxylation is 2. The number of rotatable bonds is 13. The van der Waals surface area contributed by atoms with Crippen LogP contribution in [0.15, 0.2) is 83.8 Å². The molecular formula is C31H39N3O4S. The molecule has 0 spiro atoms. The number of carbonyl (C=O) groups excluding carboxylic acids is 2. The van der Waals surface area contributed by atoms with Crippen LogP contribution in [-0.4, -0.2) is 44.3 Å². The predicted octanol–water partition coefficient (Wildman–Crippen LogP) is 5.09. The first-order chi connectivity index (χ1) is 18.7. The average Bonchev–Trinajstić information content (AvgIpc) is 2.95. The molecule has 1 N–H and O–H groups in total. The van der Waals surface area contributed by atoms with Crippen molar-refractivity contribution in [2.24, 2.45) is 0 Å². The van der Waals surface area contributed by atoms with Gasteiger partial charge in [-0.3, -0.25) is 13.9 Å². The van der Waals surface area contributed by atoms with Crippen molar-refractivity contribution >= 4 is 27.5 Å². The Morgan fingerprint density at radius 1 is 0.897 bits per heavy atom. The third-order valence-corrected chi connectivity index (χ3v) is 8.63. The number of nitrogens with one attached hydrogen (secondary N) is 1. The molecule has 7 nitrogen and oxygen atoms in total. The van der Waals surface area contributed by atoms with E-state index in [0.717, 1.165) is 40.3 Å². The quantitative estimate of drug-likeness (QED) is 0.301. The van der Waals surface area contributed by atoms with Crippen LogP contribution in [0, 0.1) is 6.92 Å². The summed E-state index contributed by atoms with van der Waals surface area (Å²) in [5.74, 6) is -0.731. The van der Waals surface area contributed by atoms with Gasteiger partial charge in [-0.15, -0.1) is 0 Å². The van der Waals surface area contributed by atoms with Gasteiger partial charge in [0.15, 0.2) is 0 Å². The van der Waals surface area contributed by atoms with Crippen LogP contribution in [0.4, 0.5) is 5.69 Å². The second kappa shape index (κ2) is 13.9. The van der Waals surface area contributed by atoms with Crippen molar-refractivity contribution < 1.29 is 18.0 Å². The fraction of sp³-hybridized carbons (Fsp3) is 0.355. The van der Waals surface area contributed by atoms with E-state index in [2.05, 4.69) is 5.32 Å². The zero-order chi connectivity index (χ0) is 28.4. The SMILES string of the molecule is CCCCNC(=O)[C@@H](C)N(Cc1ccccc1C)C(=O)CN(c1ccc(CC)cc1)S(=O)(=O)c1ccccc1. The number of hydrogen-bond acceptors (Lipinski definition) is 4. The van der Waals surface area contributed by atoms with Crippen LogP contribution in [0.3, 0.4) is 0 Å². The second-order valence-electron chi connectivity index (χ2n) is 9.61. The molecule has 0 heterocycles. The number of benzene rings is 3. The van der Waals surface area contributed by atoms with Crippen LogP contribution < -0.4 is 9.62 Å². The molecule has 0 saturated carbocycles. The van der Waals surface area contributed by atoms with Gasteiger partial charge in [0.1, 0.15) is 12.6 Å². The van der Waals surface area contributed by atoms with Gasteiger partial charge in [0.2, 0.25) is 11.8 Å². The van der Waals surface area contributed by atoms with E-state index in [1.807, 2.05) is 57.2 Å². The van der Waals surface area contributed by atoms with Crippen molar-refractivity contribution in [2.75, 3.05) is 17.4 Å². The summed E-state index contributed by atoms with van der Waals surface area (Å²) < 4.78 is 28.8. The minimum Gasteiger partial charge on any atom is -0.354 e. The van der Waals surface area contributed by atoms with Gasteiger partial charge in [-0.2, -0.15) is 0 Å². The van der Waals surface area contributed by atoms with Gasteiger partial charge in [0.05, 0.1) is 10.6 Å². The summed E-state index contributed by atoms with van der Waals surface area (Å²) in [6.07, 6.45) is 2.57. The predicted molar refractivity (Wildman–Crippen MR) is 156 cm³/mol. The standard InChI is InChI=1S/C31H39N3O4S/c1-5-7-21-32-31(36)25(4)33(22-27-14-12-11-13-24(27)3)30(35)23-34(28-19-17-26(6-2)18-20-28)39(37,38)29-15-9-8-10-16-29/h8-20,25H,5-7,21-23H2,1-4H3,(H,32,36)/t25-/m1/s1. The molecule has 0 fully saturated rings. The number of hydrogen-bond donors (Lipinski definition) is 1. The van der Waals surface area contributed by atoms with Crippen LogP contribution in [0.2, 0.25) is 0 Å². The van der Waals surface area contributed by atoms with Crippen molar-refractivity contribution in [3.63, 3.8) is 0 Å². The molecule has 0 aliphatic carbocycles. The van der Waals surface area contributed by atoms with Gasteiger partial charge in [0, 0.05) is 13.1 Å². The number of anilines is 1. The molecule has 8 heteroatoms. The number of nitrogens with zero attached hydrogens (tertiary/aromatic N) is 2. The normalized spacial score (nSPS) is 12.0. The summed E-state index contributed by atoms with van der Waals surface area (Å²) in [7, 11) is -4.06. The van der Waals surface area contributed by atoms with E-state index >= 15 is 0 Å². The Balaban J connectivity index is 2.00. The lowest BCUT2D eigenvalue weighted by molar-refractivity contribution is -0.139. The van der Waals surface area contributed by atoms with E-state index in [1.165, 1.54) is 17.0 Å². The molecule has 0 unspecified atom stereocenters. The molecule has 0 bridgehead atoms. The molecule has 2 amide bonds. The summed E-state index contributed by atoms with van der Waals surface area (Å²) in [6, 6.07) is 22.1. The van der Waals surface area contributed by atoms with Gasteiger partial charge < -0.3 is 10.2 Å². The highest BCUT2D eigenvalue weighted by atomic mass is 32.2. The Hall–Kier alpha value is -3.65. The molecule has 3 rings (SSSR count). The number of unbranched alkanes of at least 4 members (excludes halogenated alkanes) is 1. The second-order valence-corrected chi connectivity index (χ2v) is 11.5. The average molecular weight is 550 g/mol. The lowest BCUT2D eigenvalue weighted by Gasteiger charge is -2.32. The maximum atomic E-state index is 14.0. The largest absolute Gasteiger partial charge is 0.354 e. The Morgan fingerprint density at radius 2 is 1.54 bits per heavy atom. The number of sulfonamides is 1. The third-order valence-electron chi connectivity index (χ3n) is 6.84. The summed E-state index contributed by atoms with van der Waals surface area (Å²) >= 11 is 0. The van der Waals surface area contributed by atoms with E-state index in [-0.39, 0.29) is 17.3 Å². The first-order valence-electron chi connectivity index (χ1n) is 13.5. The molecule has 0 saturated heterocycles.